The van der Waals surface area contributed by atoms with Crippen molar-refractivity contribution < 1.29 is 0 Å². The first kappa shape index (κ1) is 12.6. The van der Waals surface area contributed by atoms with Crippen LogP contribution in [0.15, 0.2) is 20.4 Å². The average Bonchev–Trinajstić information content (AvgIpc) is 3.16. The maximum atomic E-state index is 4.69. The van der Waals surface area contributed by atoms with Gasteiger partial charge in [0.15, 0.2) is 5.82 Å². The summed E-state index contributed by atoms with van der Waals surface area (Å²) in [5, 5.41) is 3.11. The van der Waals surface area contributed by atoms with Crippen LogP contribution in [0.3, 0.4) is 0 Å². The van der Waals surface area contributed by atoms with Crippen LogP contribution in [0, 0.1) is 0 Å². The topological polar surface area (TPSA) is 37.8 Å². The van der Waals surface area contributed by atoms with Gasteiger partial charge in [0, 0.05) is 29.2 Å². The normalized spacial score (nSPS) is 14.8. The number of hydrogen-bond acceptors (Lipinski definition) is 4. The lowest BCUT2D eigenvalue weighted by molar-refractivity contribution is 0.997. The van der Waals surface area contributed by atoms with Crippen molar-refractivity contribution in [3.05, 3.63) is 26.1 Å². The minimum absolute atomic E-state index is 0.630. The summed E-state index contributed by atoms with van der Waals surface area (Å²) >= 11 is 8.65. The summed E-state index contributed by atoms with van der Waals surface area (Å²) in [6, 6.07) is 4.11. The highest BCUT2D eigenvalue weighted by atomic mass is 79.9. The van der Waals surface area contributed by atoms with Gasteiger partial charge in [-0.15, -0.1) is 11.3 Å². The minimum atomic E-state index is 0.630. The molecule has 0 spiro atoms. The van der Waals surface area contributed by atoms with Crippen LogP contribution < -0.4 is 5.32 Å². The summed E-state index contributed by atoms with van der Waals surface area (Å²) in [6.45, 7) is 0. The maximum absolute atomic E-state index is 4.69. The predicted molar refractivity (Wildman–Crippen MR) is 82.3 cm³/mol. The van der Waals surface area contributed by atoms with Gasteiger partial charge in [0.1, 0.15) is 5.82 Å². The third kappa shape index (κ3) is 2.46. The van der Waals surface area contributed by atoms with Gasteiger partial charge in [0.25, 0.3) is 0 Å². The van der Waals surface area contributed by atoms with Crippen LogP contribution in [-0.2, 0) is 0 Å². The van der Waals surface area contributed by atoms with Gasteiger partial charge >= 0.3 is 0 Å². The van der Waals surface area contributed by atoms with E-state index in [1.807, 2.05) is 7.05 Å². The fraction of sp³-hybridized carbons (Fsp3) is 0.333. The molecule has 0 aromatic carbocycles. The molecule has 1 saturated carbocycles. The van der Waals surface area contributed by atoms with Crippen LogP contribution in [0.2, 0.25) is 0 Å². The van der Waals surface area contributed by atoms with Gasteiger partial charge < -0.3 is 5.32 Å². The molecule has 1 N–H and O–H groups in total. The highest BCUT2D eigenvalue weighted by Gasteiger charge is 2.26. The quantitative estimate of drug-likeness (QED) is 0.831. The van der Waals surface area contributed by atoms with Crippen LogP contribution in [0.5, 0.6) is 0 Å². The largest absolute Gasteiger partial charge is 0.373 e. The SMILES string of the molecule is CNc1cc(C2CC2)nc(-c2cc(Br)c(Br)s2)n1. The minimum Gasteiger partial charge on any atom is -0.373 e. The first-order valence-corrected chi connectivity index (χ1v) is 8.09. The second-order valence-electron chi connectivity index (χ2n) is 4.26. The molecule has 1 aliphatic rings. The lowest BCUT2D eigenvalue weighted by Crippen LogP contribution is -1.99. The Hall–Kier alpha value is -0.460. The molecule has 3 rings (SSSR count). The Morgan fingerprint density at radius 1 is 1.28 bits per heavy atom. The van der Waals surface area contributed by atoms with Crippen molar-refractivity contribution in [2.45, 2.75) is 18.8 Å². The van der Waals surface area contributed by atoms with Gasteiger partial charge in [-0.25, -0.2) is 9.97 Å². The van der Waals surface area contributed by atoms with E-state index in [2.05, 4.69) is 59.3 Å². The Morgan fingerprint density at radius 3 is 2.61 bits per heavy atom. The van der Waals surface area contributed by atoms with E-state index in [-0.39, 0.29) is 0 Å². The molecule has 94 valence electrons. The summed E-state index contributed by atoms with van der Waals surface area (Å²) < 4.78 is 2.12. The smallest absolute Gasteiger partial charge is 0.171 e. The second kappa shape index (κ2) is 4.90. The lowest BCUT2D eigenvalue weighted by Gasteiger charge is -2.05. The molecule has 6 heteroatoms. The molecule has 18 heavy (non-hydrogen) atoms. The second-order valence-corrected chi connectivity index (χ2v) is 7.48. The summed E-state index contributed by atoms with van der Waals surface area (Å²) in [6.07, 6.45) is 2.49. The molecule has 3 nitrogen and oxygen atoms in total. The molecule has 0 unspecified atom stereocenters. The number of aromatic nitrogens is 2. The van der Waals surface area contributed by atoms with Crippen molar-refractivity contribution in [1.82, 2.24) is 9.97 Å². The number of thiophene rings is 1. The Kier molecular flexibility index (Phi) is 3.42. The van der Waals surface area contributed by atoms with Crippen LogP contribution in [0.1, 0.15) is 24.5 Å². The molecule has 2 aromatic rings. The lowest BCUT2D eigenvalue weighted by atomic mass is 10.2. The zero-order valence-electron chi connectivity index (χ0n) is 9.70. The molecule has 2 aromatic heterocycles. The van der Waals surface area contributed by atoms with E-state index < -0.39 is 0 Å². The van der Waals surface area contributed by atoms with E-state index in [1.165, 1.54) is 12.8 Å². The van der Waals surface area contributed by atoms with Crippen LogP contribution >= 0.6 is 43.2 Å². The Morgan fingerprint density at radius 2 is 2.06 bits per heavy atom. The molecule has 1 fully saturated rings. The summed E-state index contributed by atoms with van der Waals surface area (Å²) in [5.74, 6) is 2.33. The molecular weight excluding hydrogens is 378 g/mol. The van der Waals surface area contributed by atoms with E-state index in [0.717, 1.165) is 30.5 Å². The Labute approximate surface area is 126 Å². The van der Waals surface area contributed by atoms with E-state index >= 15 is 0 Å². The fourth-order valence-electron chi connectivity index (χ4n) is 1.75. The van der Waals surface area contributed by atoms with Crippen molar-refractivity contribution in [3.8, 4) is 10.7 Å². The third-order valence-corrected chi connectivity index (χ3v) is 6.12. The molecule has 0 amide bonds. The molecule has 0 atom stereocenters. The highest BCUT2D eigenvalue weighted by Crippen LogP contribution is 2.41. The van der Waals surface area contributed by atoms with E-state index in [1.54, 1.807) is 11.3 Å². The van der Waals surface area contributed by atoms with Crippen molar-refractivity contribution in [1.29, 1.82) is 0 Å². The number of nitrogens with zero attached hydrogens (tertiary/aromatic N) is 2. The summed E-state index contributed by atoms with van der Waals surface area (Å²) in [5.41, 5.74) is 1.16. The van der Waals surface area contributed by atoms with Crippen LogP contribution in [0.25, 0.3) is 10.7 Å². The van der Waals surface area contributed by atoms with E-state index in [9.17, 15) is 0 Å². The molecule has 0 radical (unpaired) electrons. The number of halogens is 2. The Balaban J connectivity index is 2.07. The molecule has 0 bridgehead atoms. The van der Waals surface area contributed by atoms with Crippen LogP contribution in [0.4, 0.5) is 5.82 Å². The van der Waals surface area contributed by atoms with Gasteiger partial charge in [0.2, 0.25) is 0 Å². The zero-order valence-corrected chi connectivity index (χ0v) is 13.7. The third-order valence-electron chi connectivity index (χ3n) is 2.86. The molecule has 0 aliphatic heterocycles. The van der Waals surface area contributed by atoms with Gasteiger partial charge in [-0.3, -0.25) is 0 Å². The van der Waals surface area contributed by atoms with Gasteiger partial charge in [0.05, 0.1) is 8.66 Å². The number of anilines is 1. The molecule has 0 saturated heterocycles. The van der Waals surface area contributed by atoms with Gasteiger partial charge in [-0.1, -0.05) is 0 Å². The highest BCUT2D eigenvalue weighted by molar-refractivity contribution is 9.13. The van der Waals surface area contributed by atoms with Crippen molar-refractivity contribution >= 4 is 49.0 Å². The number of rotatable bonds is 3. The fourth-order valence-corrected chi connectivity index (χ4v) is 3.72. The molecular formula is C12H11Br2N3S. The monoisotopic (exact) mass is 387 g/mol. The Bertz CT molecular complexity index is 574. The summed E-state index contributed by atoms with van der Waals surface area (Å²) in [4.78, 5) is 10.3. The van der Waals surface area contributed by atoms with Crippen molar-refractivity contribution in [2.24, 2.45) is 0 Å². The molecule has 2 heterocycles. The first-order valence-electron chi connectivity index (χ1n) is 5.69. The van der Waals surface area contributed by atoms with Crippen molar-refractivity contribution in [3.63, 3.8) is 0 Å². The average molecular weight is 389 g/mol. The molecule has 1 aliphatic carbocycles. The number of nitrogens with one attached hydrogen (secondary N) is 1. The number of hydrogen-bond donors (Lipinski definition) is 1. The van der Waals surface area contributed by atoms with Crippen LogP contribution in [-0.4, -0.2) is 17.0 Å². The van der Waals surface area contributed by atoms with E-state index in [4.69, 9.17) is 0 Å². The predicted octanol–water partition coefficient (Wildman–Crippen LogP) is 4.65. The van der Waals surface area contributed by atoms with Gasteiger partial charge in [-0.2, -0.15) is 0 Å². The maximum Gasteiger partial charge on any atom is 0.171 e. The van der Waals surface area contributed by atoms with Crippen molar-refractivity contribution in [2.75, 3.05) is 12.4 Å². The standard InChI is InChI=1S/C12H11Br2N3S/c1-15-10-5-8(6-2-3-6)16-12(17-10)9-4-7(13)11(14)18-9/h4-6H,2-3H2,1H3,(H,15,16,17). The summed E-state index contributed by atoms with van der Waals surface area (Å²) in [7, 11) is 1.89. The first-order chi connectivity index (χ1) is 8.67. The van der Waals surface area contributed by atoms with E-state index in [0.29, 0.717) is 5.92 Å². The van der Waals surface area contributed by atoms with Gasteiger partial charge in [-0.05, 0) is 50.8 Å². The zero-order chi connectivity index (χ0) is 12.7.